The van der Waals surface area contributed by atoms with Gasteiger partial charge in [-0.2, -0.15) is 5.26 Å². The second-order valence-corrected chi connectivity index (χ2v) is 3.46. The average molecular weight is 240 g/mol. The van der Waals surface area contributed by atoms with Crippen LogP contribution in [0.4, 0.5) is 0 Å². The molecule has 0 aromatic heterocycles. The fourth-order valence-corrected chi connectivity index (χ4v) is 1.67. The molecule has 66 valence electrons. The normalized spacial score (nSPS) is 12.6. The highest BCUT2D eigenvalue weighted by Crippen LogP contribution is 2.41. The summed E-state index contributed by atoms with van der Waals surface area (Å²) in [5, 5.41) is 8.56. The molecule has 1 aliphatic rings. The van der Waals surface area contributed by atoms with Crippen molar-refractivity contribution in [3.05, 3.63) is 22.2 Å². The molecule has 1 aromatic carbocycles. The van der Waals surface area contributed by atoms with Gasteiger partial charge in [0.25, 0.3) is 0 Å². The van der Waals surface area contributed by atoms with Crippen molar-refractivity contribution in [1.82, 2.24) is 0 Å². The Morgan fingerprint density at radius 1 is 1.38 bits per heavy atom. The lowest BCUT2D eigenvalue weighted by molar-refractivity contribution is 0.173. The smallest absolute Gasteiger partial charge is 0.231 e. The number of benzene rings is 1. The first-order valence-electron chi connectivity index (χ1n) is 3.77. The van der Waals surface area contributed by atoms with Crippen LogP contribution >= 0.6 is 15.9 Å². The van der Waals surface area contributed by atoms with E-state index in [9.17, 15) is 0 Å². The minimum absolute atomic E-state index is 0.233. The van der Waals surface area contributed by atoms with Gasteiger partial charge in [-0.05, 0) is 22.0 Å². The summed E-state index contributed by atoms with van der Waals surface area (Å²) in [7, 11) is 0. The molecular weight excluding hydrogens is 234 g/mol. The largest absolute Gasteiger partial charge is 0.453 e. The third-order valence-electron chi connectivity index (χ3n) is 1.82. The SMILES string of the molecule is N#CCc1ccc(Br)c2c1OCO2. The highest BCUT2D eigenvalue weighted by molar-refractivity contribution is 9.10. The van der Waals surface area contributed by atoms with E-state index < -0.39 is 0 Å². The van der Waals surface area contributed by atoms with Gasteiger partial charge in [0.1, 0.15) is 0 Å². The summed E-state index contributed by atoms with van der Waals surface area (Å²) in [4.78, 5) is 0. The summed E-state index contributed by atoms with van der Waals surface area (Å²) >= 11 is 3.34. The van der Waals surface area contributed by atoms with Crippen molar-refractivity contribution < 1.29 is 9.47 Å². The van der Waals surface area contributed by atoms with Gasteiger partial charge in [0, 0.05) is 5.56 Å². The van der Waals surface area contributed by atoms with E-state index in [0.29, 0.717) is 17.9 Å². The summed E-state index contributed by atoms with van der Waals surface area (Å²) in [5.41, 5.74) is 0.873. The van der Waals surface area contributed by atoms with Gasteiger partial charge < -0.3 is 9.47 Å². The Bertz CT molecular complexity index is 384. The lowest BCUT2D eigenvalue weighted by atomic mass is 10.1. The molecule has 2 rings (SSSR count). The highest BCUT2D eigenvalue weighted by atomic mass is 79.9. The third-order valence-corrected chi connectivity index (χ3v) is 2.45. The molecule has 0 spiro atoms. The number of hydrogen-bond donors (Lipinski definition) is 0. The summed E-state index contributed by atoms with van der Waals surface area (Å²) in [5.74, 6) is 1.39. The zero-order chi connectivity index (χ0) is 9.26. The summed E-state index contributed by atoms with van der Waals surface area (Å²) in [6.07, 6.45) is 0.346. The van der Waals surface area contributed by atoms with Crippen LogP contribution in [0.15, 0.2) is 16.6 Å². The zero-order valence-electron chi connectivity index (χ0n) is 6.71. The van der Waals surface area contributed by atoms with Gasteiger partial charge in [0.2, 0.25) is 6.79 Å². The van der Waals surface area contributed by atoms with Gasteiger partial charge in [-0.15, -0.1) is 0 Å². The lowest BCUT2D eigenvalue weighted by Crippen LogP contribution is -1.94. The Kier molecular flexibility index (Phi) is 2.11. The van der Waals surface area contributed by atoms with Crippen LogP contribution in [0.5, 0.6) is 11.5 Å². The molecule has 1 aliphatic heterocycles. The Labute approximate surface area is 84.0 Å². The van der Waals surface area contributed by atoms with Gasteiger partial charge in [-0.3, -0.25) is 0 Å². The molecular formula is C9H6BrNO2. The monoisotopic (exact) mass is 239 g/mol. The van der Waals surface area contributed by atoms with E-state index in [1.54, 1.807) is 0 Å². The average Bonchev–Trinajstić information content (AvgIpc) is 2.59. The first kappa shape index (κ1) is 8.39. The second-order valence-electron chi connectivity index (χ2n) is 2.61. The van der Waals surface area contributed by atoms with Gasteiger partial charge in [0.05, 0.1) is 17.0 Å². The van der Waals surface area contributed by atoms with Crippen LogP contribution in [0, 0.1) is 11.3 Å². The maximum absolute atomic E-state index is 8.56. The molecule has 1 heterocycles. The molecule has 0 radical (unpaired) electrons. The Hall–Kier alpha value is -1.21. The Morgan fingerprint density at radius 2 is 2.15 bits per heavy atom. The zero-order valence-corrected chi connectivity index (χ0v) is 8.30. The number of nitriles is 1. The quantitative estimate of drug-likeness (QED) is 0.755. The predicted octanol–water partition coefficient (Wildman–Crippen LogP) is 2.24. The van der Waals surface area contributed by atoms with E-state index in [1.807, 2.05) is 12.1 Å². The minimum Gasteiger partial charge on any atom is -0.453 e. The van der Waals surface area contributed by atoms with Crippen molar-refractivity contribution in [3.63, 3.8) is 0 Å². The number of hydrogen-bond acceptors (Lipinski definition) is 3. The van der Waals surface area contributed by atoms with Gasteiger partial charge in [-0.1, -0.05) is 6.07 Å². The molecule has 0 saturated heterocycles. The molecule has 3 nitrogen and oxygen atoms in total. The number of rotatable bonds is 1. The summed E-state index contributed by atoms with van der Waals surface area (Å²) in [6.45, 7) is 0.233. The molecule has 1 aromatic rings. The molecule has 13 heavy (non-hydrogen) atoms. The number of nitrogens with zero attached hydrogens (tertiary/aromatic N) is 1. The van der Waals surface area contributed by atoms with E-state index in [1.165, 1.54) is 0 Å². The Morgan fingerprint density at radius 3 is 2.92 bits per heavy atom. The first-order valence-corrected chi connectivity index (χ1v) is 4.56. The van der Waals surface area contributed by atoms with Crippen molar-refractivity contribution in [2.75, 3.05) is 6.79 Å². The predicted molar refractivity (Wildman–Crippen MR) is 49.6 cm³/mol. The van der Waals surface area contributed by atoms with Crippen LogP contribution in [0.1, 0.15) is 5.56 Å². The number of ether oxygens (including phenoxy) is 2. The Balaban J connectivity index is 2.51. The molecule has 0 N–H and O–H groups in total. The van der Waals surface area contributed by atoms with E-state index in [-0.39, 0.29) is 6.79 Å². The maximum atomic E-state index is 8.56. The van der Waals surface area contributed by atoms with Crippen molar-refractivity contribution in [3.8, 4) is 17.6 Å². The molecule has 0 unspecified atom stereocenters. The van der Waals surface area contributed by atoms with Crippen molar-refractivity contribution >= 4 is 15.9 Å². The molecule has 0 amide bonds. The van der Waals surface area contributed by atoms with Gasteiger partial charge in [-0.25, -0.2) is 0 Å². The van der Waals surface area contributed by atoms with Gasteiger partial charge in [0.15, 0.2) is 11.5 Å². The molecule has 0 atom stereocenters. The van der Waals surface area contributed by atoms with Crippen LogP contribution in [-0.2, 0) is 6.42 Å². The molecule has 0 bridgehead atoms. The van der Waals surface area contributed by atoms with Crippen molar-refractivity contribution in [1.29, 1.82) is 5.26 Å². The van der Waals surface area contributed by atoms with Gasteiger partial charge >= 0.3 is 0 Å². The van der Waals surface area contributed by atoms with Crippen molar-refractivity contribution in [2.45, 2.75) is 6.42 Å². The minimum atomic E-state index is 0.233. The fourth-order valence-electron chi connectivity index (χ4n) is 1.24. The molecule has 0 aliphatic carbocycles. The van der Waals surface area contributed by atoms with E-state index in [2.05, 4.69) is 22.0 Å². The highest BCUT2D eigenvalue weighted by Gasteiger charge is 2.20. The second kappa shape index (κ2) is 3.27. The van der Waals surface area contributed by atoms with Crippen LogP contribution in [0.3, 0.4) is 0 Å². The van der Waals surface area contributed by atoms with Crippen LogP contribution < -0.4 is 9.47 Å². The maximum Gasteiger partial charge on any atom is 0.231 e. The van der Waals surface area contributed by atoms with E-state index in [0.717, 1.165) is 10.0 Å². The number of halogens is 1. The first-order chi connectivity index (χ1) is 6.33. The van der Waals surface area contributed by atoms with E-state index >= 15 is 0 Å². The molecule has 0 fully saturated rings. The number of fused-ring (bicyclic) bond motifs is 1. The van der Waals surface area contributed by atoms with Crippen LogP contribution in [0.25, 0.3) is 0 Å². The van der Waals surface area contributed by atoms with Crippen LogP contribution in [0.2, 0.25) is 0 Å². The van der Waals surface area contributed by atoms with Crippen LogP contribution in [-0.4, -0.2) is 6.79 Å². The topological polar surface area (TPSA) is 42.2 Å². The van der Waals surface area contributed by atoms with E-state index in [4.69, 9.17) is 14.7 Å². The molecule has 0 saturated carbocycles. The standard InChI is InChI=1S/C9H6BrNO2/c10-7-2-1-6(3-4-11)8-9(7)13-5-12-8/h1-2H,3,5H2. The lowest BCUT2D eigenvalue weighted by Gasteiger charge is -2.02. The van der Waals surface area contributed by atoms with Crippen molar-refractivity contribution in [2.24, 2.45) is 0 Å². The molecule has 4 heteroatoms. The summed E-state index contributed by atoms with van der Waals surface area (Å²) in [6, 6.07) is 5.81. The third kappa shape index (κ3) is 1.36. The fraction of sp³-hybridized carbons (Fsp3) is 0.222. The summed E-state index contributed by atoms with van der Waals surface area (Å²) < 4.78 is 11.4.